The number of hydrogen-bond acceptors (Lipinski definition) is 3. The number of nitrogens with one attached hydrogen (secondary N) is 1. The highest BCUT2D eigenvalue weighted by molar-refractivity contribution is 7.12. The van der Waals surface area contributed by atoms with E-state index >= 15 is 0 Å². The van der Waals surface area contributed by atoms with E-state index in [1.165, 1.54) is 17.4 Å². The van der Waals surface area contributed by atoms with Crippen molar-refractivity contribution in [3.8, 4) is 11.8 Å². The van der Waals surface area contributed by atoms with E-state index in [1.807, 2.05) is 0 Å². The minimum Gasteiger partial charge on any atom is -0.384 e. The minimum absolute atomic E-state index is 0.0459. The molecule has 1 amide bonds. The highest BCUT2D eigenvalue weighted by Crippen LogP contribution is 2.16. The Kier molecular flexibility index (Phi) is 5.04. The fourth-order valence-electron chi connectivity index (χ4n) is 1.64. The molecule has 0 spiro atoms. The van der Waals surface area contributed by atoms with Crippen molar-refractivity contribution in [2.45, 2.75) is 6.54 Å². The average Bonchev–Trinajstić information content (AvgIpc) is 2.92. The molecule has 0 fully saturated rings. The predicted octanol–water partition coefficient (Wildman–Crippen LogP) is 2.30. The third-order valence-corrected chi connectivity index (χ3v) is 3.54. The number of thiophene rings is 1. The molecule has 2 N–H and O–H groups in total. The summed E-state index contributed by atoms with van der Waals surface area (Å²) in [6.45, 7) is -0.340. The molecule has 1 heterocycles. The van der Waals surface area contributed by atoms with Gasteiger partial charge in [-0.3, -0.25) is 4.79 Å². The van der Waals surface area contributed by atoms with Gasteiger partial charge in [0, 0.05) is 23.7 Å². The van der Waals surface area contributed by atoms with Crippen molar-refractivity contribution in [3.05, 3.63) is 57.3 Å². The lowest BCUT2D eigenvalue weighted by atomic mass is 10.2. The van der Waals surface area contributed by atoms with E-state index in [1.54, 1.807) is 11.4 Å². The molecule has 3 nitrogen and oxygen atoms in total. The maximum Gasteiger partial charge on any atom is 0.262 e. The maximum atomic E-state index is 13.5. The monoisotopic (exact) mass is 307 g/mol. The summed E-state index contributed by atoms with van der Waals surface area (Å²) in [5.74, 6) is 3.37. The first-order valence-electron chi connectivity index (χ1n) is 6.01. The van der Waals surface area contributed by atoms with Gasteiger partial charge in [-0.2, -0.15) is 0 Å². The van der Waals surface area contributed by atoms with E-state index in [0.29, 0.717) is 10.4 Å². The molecular weight excluding hydrogens is 296 g/mol. The number of rotatable bonds is 3. The van der Waals surface area contributed by atoms with Crippen molar-refractivity contribution in [2.75, 3.05) is 6.61 Å². The summed E-state index contributed by atoms with van der Waals surface area (Å²) in [7, 11) is 0. The smallest absolute Gasteiger partial charge is 0.262 e. The Bertz CT molecular complexity index is 716. The topological polar surface area (TPSA) is 49.3 Å². The molecule has 1 aromatic carbocycles. The molecule has 0 saturated heterocycles. The third-order valence-electron chi connectivity index (χ3n) is 2.63. The average molecular weight is 307 g/mol. The Morgan fingerprint density at radius 3 is 2.86 bits per heavy atom. The first-order valence-corrected chi connectivity index (χ1v) is 6.89. The molecule has 0 aliphatic carbocycles. The van der Waals surface area contributed by atoms with Gasteiger partial charge in [-0.1, -0.05) is 17.9 Å². The van der Waals surface area contributed by atoms with Crippen LogP contribution in [0.2, 0.25) is 0 Å². The van der Waals surface area contributed by atoms with Crippen molar-refractivity contribution in [2.24, 2.45) is 0 Å². The van der Waals surface area contributed by atoms with Gasteiger partial charge in [0.25, 0.3) is 5.91 Å². The molecule has 0 bridgehead atoms. The predicted molar refractivity (Wildman–Crippen MR) is 75.8 cm³/mol. The van der Waals surface area contributed by atoms with E-state index in [-0.39, 0.29) is 18.7 Å². The molecule has 0 unspecified atom stereocenters. The summed E-state index contributed by atoms with van der Waals surface area (Å²) >= 11 is 1.20. The number of aliphatic hydroxyl groups excluding tert-OH is 1. The molecule has 0 saturated carbocycles. The van der Waals surface area contributed by atoms with Gasteiger partial charge in [-0.25, -0.2) is 8.78 Å². The van der Waals surface area contributed by atoms with Crippen LogP contribution in [0.25, 0.3) is 0 Å². The lowest BCUT2D eigenvalue weighted by molar-refractivity contribution is 0.0954. The van der Waals surface area contributed by atoms with Gasteiger partial charge in [0.1, 0.15) is 23.1 Å². The van der Waals surface area contributed by atoms with Gasteiger partial charge >= 0.3 is 0 Å². The zero-order valence-electron chi connectivity index (χ0n) is 10.8. The molecule has 108 valence electrons. The maximum absolute atomic E-state index is 13.5. The summed E-state index contributed by atoms with van der Waals surface area (Å²) in [6.07, 6.45) is 0. The molecule has 0 aliphatic rings. The van der Waals surface area contributed by atoms with Crippen LogP contribution in [0.15, 0.2) is 29.6 Å². The van der Waals surface area contributed by atoms with Gasteiger partial charge in [0.05, 0.1) is 0 Å². The number of carbonyl (C=O) groups excluding carboxylic acids is 1. The van der Waals surface area contributed by atoms with Crippen molar-refractivity contribution in [1.82, 2.24) is 5.32 Å². The van der Waals surface area contributed by atoms with Gasteiger partial charge in [-0.05, 0) is 17.5 Å². The Morgan fingerprint density at radius 2 is 2.14 bits per heavy atom. The quantitative estimate of drug-likeness (QED) is 0.855. The summed E-state index contributed by atoms with van der Waals surface area (Å²) < 4.78 is 26.2. The first kappa shape index (κ1) is 15.2. The normalized spacial score (nSPS) is 9.86. The Morgan fingerprint density at radius 1 is 1.33 bits per heavy atom. The summed E-state index contributed by atoms with van der Waals surface area (Å²) in [4.78, 5) is 12.4. The van der Waals surface area contributed by atoms with E-state index < -0.39 is 17.5 Å². The van der Waals surface area contributed by atoms with Crippen LogP contribution in [-0.4, -0.2) is 17.6 Å². The van der Waals surface area contributed by atoms with Crippen LogP contribution in [0.3, 0.4) is 0 Å². The van der Waals surface area contributed by atoms with E-state index in [2.05, 4.69) is 17.2 Å². The van der Waals surface area contributed by atoms with Crippen LogP contribution < -0.4 is 5.32 Å². The van der Waals surface area contributed by atoms with Crippen LogP contribution in [0.4, 0.5) is 8.78 Å². The van der Waals surface area contributed by atoms with Crippen LogP contribution in [0.5, 0.6) is 0 Å². The van der Waals surface area contributed by atoms with E-state index in [0.717, 1.165) is 12.1 Å². The third kappa shape index (κ3) is 3.88. The van der Waals surface area contributed by atoms with Crippen LogP contribution in [0.1, 0.15) is 20.8 Å². The second-order valence-electron chi connectivity index (χ2n) is 4.04. The fraction of sp³-hybridized carbons (Fsp3) is 0.133. The second-order valence-corrected chi connectivity index (χ2v) is 4.96. The van der Waals surface area contributed by atoms with Gasteiger partial charge in [0.15, 0.2) is 0 Å². The SMILES string of the molecule is O=C(NCc1ccc(F)cc1F)c1sccc1C#CCO. The number of aliphatic hydroxyl groups is 1. The number of hydrogen-bond donors (Lipinski definition) is 2. The molecule has 0 atom stereocenters. The van der Waals surface area contributed by atoms with Crippen LogP contribution in [-0.2, 0) is 6.54 Å². The molecule has 1 aromatic heterocycles. The van der Waals surface area contributed by atoms with Gasteiger partial charge < -0.3 is 10.4 Å². The highest BCUT2D eigenvalue weighted by Gasteiger charge is 2.12. The van der Waals surface area contributed by atoms with Crippen molar-refractivity contribution in [3.63, 3.8) is 0 Å². The Hall–Kier alpha value is -2.23. The molecule has 6 heteroatoms. The molecule has 0 aliphatic heterocycles. The zero-order valence-corrected chi connectivity index (χ0v) is 11.6. The number of halogens is 2. The minimum atomic E-state index is -0.707. The first-order chi connectivity index (χ1) is 10.1. The van der Waals surface area contributed by atoms with E-state index in [9.17, 15) is 13.6 Å². The van der Waals surface area contributed by atoms with Gasteiger partial charge in [0.2, 0.25) is 0 Å². The number of amides is 1. The lowest BCUT2D eigenvalue weighted by Crippen LogP contribution is -2.23. The Balaban J connectivity index is 2.07. The lowest BCUT2D eigenvalue weighted by Gasteiger charge is -2.05. The van der Waals surface area contributed by atoms with Crippen molar-refractivity contribution < 1.29 is 18.7 Å². The largest absolute Gasteiger partial charge is 0.384 e. The molecule has 0 radical (unpaired) electrons. The molecule has 2 aromatic rings. The zero-order chi connectivity index (χ0) is 15.2. The number of carbonyl (C=O) groups is 1. The molecule has 2 rings (SSSR count). The standard InChI is InChI=1S/C15H11F2NO2S/c16-12-4-3-11(13(17)8-12)9-18-15(20)14-10(2-1-6-19)5-7-21-14/h3-5,7-8,19H,6,9H2,(H,18,20). The van der Waals surface area contributed by atoms with Crippen LogP contribution >= 0.6 is 11.3 Å². The van der Waals surface area contributed by atoms with Crippen molar-refractivity contribution in [1.29, 1.82) is 0 Å². The molecule has 21 heavy (non-hydrogen) atoms. The Labute approximate surface area is 124 Å². The van der Waals surface area contributed by atoms with Gasteiger partial charge in [-0.15, -0.1) is 11.3 Å². The summed E-state index contributed by atoms with van der Waals surface area (Å²) in [5, 5.41) is 12.9. The van der Waals surface area contributed by atoms with Crippen molar-refractivity contribution >= 4 is 17.2 Å². The van der Waals surface area contributed by atoms with E-state index in [4.69, 9.17) is 5.11 Å². The summed E-state index contributed by atoms with van der Waals surface area (Å²) in [5.41, 5.74) is 0.704. The second kappa shape index (κ2) is 6.97. The fourth-order valence-corrected chi connectivity index (χ4v) is 2.40. The highest BCUT2D eigenvalue weighted by atomic mass is 32.1. The van der Waals surface area contributed by atoms with Crippen LogP contribution in [0, 0.1) is 23.5 Å². The molecular formula is C15H11F2NO2S. The summed E-state index contributed by atoms with van der Waals surface area (Å²) in [6, 6.07) is 4.85. The number of benzene rings is 1.